The van der Waals surface area contributed by atoms with Crippen LogP contribution in [0.3, 0.4) is 0 Å². The Bertz CT molecular complexity index is 737. The Morgan fingerprint density at radius 1 is 1.16 bits per heavy atom. The number of likely N-dealkylation sites (tertiary alicyclic amines) is 1. The SMILES string of the molecule is CCN(CC)C(=O)C1CCCN1C(=O)c1ccn(-c2ccccc2)n1. The number of carbonyl (C=O) groups excluding carboxylic acids is 2. The van der Waals surface area contributed by atoms with E-state index in [0.29, 0.717) is 25.3 Å². The molecule has 6 nitrogen and oxygen atoms in total. The maximum absolute atomic E-state index is 12.9. The van der Waals surface area contributed by atoms with Crippen molar-refractivity contribution < 1.29 is 9.59 Å². The number of benzene rings is 1. The van der Waals surface area contributed by atoms with E-state index < -0.39 is 0 Å². The summed E-state index contributed by atoms with van der Waals surface area (Å²) in [5.74, 6) is -0.129. The molecule has 0 saturated carbocycles. The molecule has 0 spiro atoms. The molecule has 1 atom stereocenters. The largest absolute Gasteiger partial charge is 0.341 e. The average Bonchev–Trinajstić information content (AvgIpc) is 3.32. The number of para-hydroxylation sites is 1. The molecule has 6 heteroatoms. The summed E-state index contributed by atoms with van der Waals surface area (Å²) in [6.07, 6.45) is 3.35. The van der Waals surface area contributed by atoms with Crippen LogP contribution in [-0.2, 0) is 4.79 Å². The Morgan fingerprint density at radius 3 is 2.56 bits per heavy atom. The summed E-state index contributed by atoms with van der Waals surface area (Å²) in [4.78, 5) is 29.0. The van der Waals surface area contributed by atoms with Gasteiger partial charge in [0, 0.05) is 25.8 Å². The van der Waals surface area contributed by atoms with Crippen LogP contribution < -0.4 is 0 Å². The molecule has 2 heterocycles. The molecule has 25 heavy (non-hydrogen) atoms. The van der Waals surface area contributed by atoms with Gasteiger partial charge in [-0.2, -0.15) is 5.10 Å². The van der Waals surface area contributed by atoms with Crippen molar-refractivity contribution in [3.63, 3.8) is 0 Å². The van der Waals surface area contributed by atoms with Gasteiger partial charge in [0.05, 0.1) is 5.69 Å². The fourth-order valence-corrected chi connectivity index (χ4v) is 3.32. The van der Waals surface area contributed by atoms with Gasteiger partial charge in [0.2, 0.25) is 5.91 Å². The summed E-state index contributed by atoms with van der Waals surface area (Å²) >= 11 is 0. The smallest absolute Gasteiger partial charge is 0.275 e. The second-order valence-corrected chi connectivity index (χ2v) is 6.15. The third kappa shape index (κ3) is 3.43. The van der Waals surface area contributed by atoms with E-state index in [1.807, 2.05) is 44.2 Å². The van der Waals surface area contributed by atoms with Gasteiger partial charge in [-0.3, -0.25) is 9.59 Å². The molecule has 3 rings (SSSR count). The Morgan fingerprint density at radius 2 is 1.88 bits per heavy atom. The molecule has 1 aromatic heterocycles. The van der Waals surface area contributed by atoms with E-state index in [-0.39, 0.29) is 17.9 Å². The third-order valence-corrected chi connectivity index (χ3v) is 4.70. The minimum Gasteiger partial charge on any atom is -0.341 e. The fraction of sp³-hybridized carbons (Fsp3) is 0.421. The van der Waals surface area contributed by atoms with Crippen molar-refractivity contribution in [2.75, 3.05) is 19.6 Å². The minimum atomic E-state index is -0.366. The maximum atomic E-state index is 12.9. The summed E-state index contributed by atoms with van der Waals surface area (Å²) in [7, 11) is 0. The van der Waals surface area contributed by atoms with Crippen LogP contribution in [0.1, 0.15) is 37.2 Å². The van der Waals surface area contributed by atoms with Crippen molar-refractivity contribution in [3.8, 4) is 5.69 Å². The molecule has 0 N–H and O–H groups in total. The fourth-order valence-electron chi connectivity index (χ4n) is 3.32. The van der Waals surface area contributed by atoms with Gasteiger partial charge in [0.1, 0.15) is 6.04 Å². The van der Waals surface area contributed by atoms with E-state index in [0.717, 1.165) is 18.5 Å². The van der Waals surface area contributed by atoms with Crippen LogP contribution in [0.2, 0.25) is 0 Å². The predicted molar refractivity (Wildman–Crippen MR) is 95.6 cm³/mol. The van der Waals surface area contributed by atoms with Crippen LogP contribution >= 0.6 is 0 Å². The first-order chi connectivity index (χ1) is 12.2. The summed E-state index contributed by atoms with van der Waals surface area (Å²) in [6, 6.07) is 11.0. The summed E-state index contributed by atoms with van der Waals surface area (Å²) < 4.78 is 1.69. The first kappa shape index (κ1) is 17.2. The lowest BCUT2D eigenvalue weighted by Gasteiger charge is -2.28. The van der Waals surface area contributed by atoms with Crippen LogP contribution in [0.25, 0.3) is 5.69 Å². The van der Waals surface area contributed by atoms with E-state index in [2.05, 4.69) is 5.10 Å². The molecule has 1 fully saturated rings. The highest BCUT2D eigenvalue weighted by Crippen LogP contribution is 2.22. The lowest BCUT2D eigenvalue weighted by atomic mass is 10.2. The van der Waals surface area contributed by atoms with Gasteiger partial charge in [-0.1, -0.05) is 18.2 Å². The summed E-state index contributed by atoms with van der Waals surface area (Å²) in [6.45, 7) is 5.86. The van der Waals surface area contributed by atoms with Crippen molar-refractivity contribution in [1.82, 2.24) is 19.6 Å². The van der Waals surface area contributed by atoms with Gasteiger partial charge in [0.15, 0.2) is 5.69 Å². The van der Waals surface area contributed by atoms with Gasteiger partial charge in [-0.15, -0.1) is 0 Å². The minimum absolute atomic E-state index is 0.0401. The maximum Gasteiger partial charge on any atom is 0.275 e. The zero-order valence-electron chi connectivity index (χ0n) is 14.8. The first-order valence-corrected chi connectivity index (χ1v) is 8.86. The second-order valence-electron chi connectivity index (χ2n) is 6.15. The number of amides is 2. The normalized spacial score (nSPS) is 16.9. The van der Waals surface area contributed by atoms with E-state index in [9.17, 15) is 9.59 Å². The highest BCUT2D eigenvalue weighted by atomic mass is 16.2. The molecule has 132 valence electrons. The van der Waals surface area contributed by atoms with E-state index in [1.165, 1.54) is 0 Å². The molecular weight excluding hydrogens is 316 g/mol. The van der Waals surface area contributed by atoms with Gasteiger partial charge >= 0.3 is 0 Å². The molecular formula is C19H24N4O2. The molecule has 1 saturated heterocycles. The molecule has 1 aliphatic heterocycles. The average molecular weight is 340 g/mol. The second kappa shape index (κ2) is 7.51. The van der Waals surface area contributed by atoms with Gasteiger partial charge in [0.25, 0.3) is 5.91 Å². The van der Waals surface area contributed by atoms with Crippen molar-refractivity contribution in [2.45, 2.75) is 32.7 Å². The number of hydrogen-bond donors (Lipinski definition) is 0. The topological polar surface area (TPSA) is 58.4 Å². The van der Waals surface area contributed by atoms with Crippen LogP contribution in [0.5, 0.6) is 0 Å². The predicted octanol–water partition coefficient (Wildman–Crippen LogP) is 2.35. The Hall–Kier alpha value is -2.63. The molecule has 1 aliphatic rings. The Kier molecular flexibility index (Phi) is 5.16. The monoisotopic (exact) mass is 340 g/mol. The summed E-state index contributed by atoms with van der Waals surface area (Å²) in [5.41, 5.74) is 1.28. The molecule has 2 aromatic rings. The molecule has 2 amide bonds. The van der Waals surface area contributed by atoms with E-state index >= 15 is 0 Å². The van der Waals surface area contributed by atoms with Crippen molar-refractivity contribution in [3.05, 3.63) is 48.3 Å². The Labute approximate surface area is 148 Å². The van der Waals surface area contributed by atoms with Crippen molar-refractivity contribution in [2.24, 2.45) is 0 Å². The summed E-state index contributed by atoms with van der Waals surface area (Å²) in [5, 5.41) is 4.40. The van der Waals surface area contributed by atoms with Crippen molar-refractivity contribution >= 4 is 11.8 Å². The standard InChI is InChI=1S/C19H24N4O2/c1-3-21(4-2)19(25)17-11-8-13-22(17)18(24)16-12-14-23(20-16)15-9-6-5-7-10-15/h5-7,9-10,12,14,17H,3-4,8,11,13H2,1-2H3. The molecule has 0 bridgehead atoms. The highest BCUT2D eigenvalue weighted by Gasteiger charge is 2.36. The quantitative estimate of drug-likeness (QED) is 0.839. The van der Waals surface area contributed by atoms with E-state index in [4.69, 9.17) is 0 Å². The first-order valence-electron chi connectivity index (χ1n) is 8.86. The Balaban J connectivity index is 1.78. The van der Waals surface area contributed by atoms with Crippen LogP contribution in [0.15, 0.2) is 42.6 Å². The molecule has 0 radical (unpaired) electrons. The molecule has 1 aromatic carbocycles. The van der Waals surface area contributed by atoms with Crippen LogP contribution in [0.4, 0.5) is 0 Å². The number of rotatable bonds is 5. The number of hydrogen-bond acceptors (Lipinski definition) is 3. The lowest BCUT2D eigenvalue weighted by Crippen LogP contribution is -2.47. The highest BCUT2D eigenvalue weighted by molar-refractivity contribution is 5.96. The molecule has 1 unspecified atom stereocenters. The zero-order valence-corrected chi connectivity index (χ0v) is 14.8. The molecule has 0 aliphatic carbocycles. The zero-order chi connectivity index (χ0) is 17.8. The third-order valence-electron chi connectivity index (χ3n) is 4.70. The lowest BCUT2D eigenvalue weighted by molar-refractivity contribution is -0.134. The van der Waals surface area contributed by atoms with Crippen LogP contribution in [0, 0.1) is 0 Å². The van der Waals surface area contributed by atoms with Gasteiger partial charge < -0.3 is 9.80 Å². The van der Waals surface area contributed by atoms with Gasteiger partial charge in [-0.05, 0) is 44.9 Å². The number of carbonyl (C=O) groups is 2. The van der Waals surface area contributed by atoms with Crippen molar-refractivity contribution in [1.29, 1.82) is 0 Å². The number of likely N-dealkylation sites (N-methyl/N-ethyl adjacent to an activating group) is 1. The van der Waals surface area contributed by atoms with E-state index in [1.54, 1.807) is 26.7 Å². The van der Waals surface area contributed by atoms with Crippen LogP contribution in [-0.4, -0.2) is 57.1 Å². The number of aromatic nitrogens is 2. The number of nitrogens with zero attached hydrogens (tertiary/aromatic N) is 4. The van der Waals surface area contributed by atoms with Gasteiger partial charge in [-0.25, -0.2) is 4.68 Å².